The minimum absolute atomic E-state index is 0.266. The standard InChI is InChI=1S/C19H30N2O3/c1-14-6-5-7-15(2)21(14)19(22)13-20-11-10-16-8-9-17(23-3)18(12-16)24-4/h8-9,12,14-15,20H,5-7,10-11,13H2,1-4H3/p+1/t14-,15-/m1/s1. The average molecular weight is 335 g/mol. The SMILES string of the molecule is COc1ccc(CC[NH2+]CC(=O)N2[C@H](C)CCC[C@H]2C)cc1OC. The van der Waals surface area contributed by atoms with Gasteiger partial charge < -0.3 is 19.7 Å². The van der Waals surface area contributed by atoms with E-state index in [0.717, 1.165) is 37.3 Å². The summed E-state index contributed by atoms with van der Waals surface area (Å²) in [6.07, 6.45) is 4.39. The topological polar surface area (TPSA) is 55.4 Å². The van der Waals surface area contributed by atoms with E-state index in [0.29, 0.717) is 18.6 Å². The number of rotatable bonds is 7. The van der Waals surface area contributed by atoms with Gasteiger partial charge in [0.15, 0.2) is 18.0 Å². The Kier molecular flexibility index (Phi) is 6.91. The number of nitrogens with zero attached hydrogens (tertiary/aromatic N) is 1. The second-order valence-corrected chi connectivity index (χ2v) is 6.65. The van der Waals surface area contributed by atoms with Crippen LogP contribution in [-0.2, 0) is 11.2 Å². The zero-order chi connectivity index (χ0) is 17.5. The van der Waals surface area contributed by atoms with Crippen molar-refractivity contribution >= 4 is 5.91 Å². The Balaban J connectivity index is 1.79. The number of quaternary nitrogens is 1. The Morgan fingerprint density at radius 2 is 1.83 bits per heavy atom. The van der Waals surface area contributed by atoms with Gasteiger partial charge in [-0.05, 0) is 50.8 Å². The molecule has 0 bridgehead atoms. The van der Waals surface area contributed by atoms with Crippen LogP contribution in [0, 0.1) is 0 Å². The number of hydrogen-bond acceptors (Lipinski definition) is 3. The molecule has 1 heterocycles. The van der Waals surface area contributed by atoms with Crippen molar-refractivity contribution < 1.29 is 19.6 Å². The first-order chi connectivity index (χ1) is 11.6. The van der Waals surface area contributed by atoms with Crippen LogP contribution in [0.3, 0.4) is 0 Å². The van der Waals surface area contributed by atoms with E-state index < -0.39 is 0 Å². The monoisotopic (exact) mass is 335 g/mol. The molecular weight excluding hydrogens is 304 g/mol. The van der Waals surface area contributed by atoms with Gasteiger partial charge in [0.1, 0.15) is 0 Å². The number of nitrogens with two attached hydrogens (primary N) is 1. The van der Waals surface area contributed by atoms with Crippen LogP contribution in [0.25, 0.3) is 0 Å². The first kappa shape index (κ1) is 18.6. The first-order valence-corrected chi connectivity index (χ1v) is 8.90. The van der Waals surface area contributed by atoms with E-state index in [2.05, 4.69) is 24.1 Å². The van der Waals surface area contributed by atoms with E-state index in [1.807, 2.05) is 18.2 Å². The van der Waals surface area contributed by atoms with Gasteiger partial charge >= 0.3 is 0 Å². The normalized spacial score (nSPS) is 20.8. The highest BCUT2D eigenvalue weighted by Crippen LogP contribution is 2.27. The molecule has 0 radical (unpaired) electrons. The maximum Gasteiger partial charge on any atom is 0.278 e. The molecule has 1 amide bonds. The summed E-state index contributed by atoms with van der Waals surface area (Å²) in [5, 5.41) is 2.10. The number of carbonyl (C=O) groups excluding carboxylic acids is 1. The number of likely N-dealkylation sites (tertiary alicyclic amines) is 1. The highest BCUT2D eigenvalue weighted by atomic mass is 16.5. The molecule has 2 atom stereocenters. The van der Waals surface area contributed by atoms with E-state index in [4.69, 9.17) is 9.47 Å². The summed E-state index contributed by atoms with van der Waals surface area (Å²) in [5.74, 6) is 1.76. The molecule has 134 valence electrons. The molecule has 0 unspecified atom stereocenters. The highest BCUT2D eigenvalue weighted by Gasteiger charge is 2.29. The lowest BCUT2D eigenvalue weighted by molar-refractivity contribution is -0.644. The predicted octanol–water partition coefficient (Wildman–Crippen LogP) is 1.60. The molecule has 0 aliphatic carbocycles. The van der Waals surface area contributed by atoms with Crippen LogP contribution in [0.4, 0.5) is 0 Å². The van der Waals surface area contributed by atoms with Gasteiger partial charge in [0, 0.05) is 18.5 Å². The zero-order valence-electron chi connectivity index (χ0n) is 15.4. The lowest BCUT2D eigenvalue weighted by Gasteiger charge is -2.38. The molecular formula is C19H31N2O3+. The molecule has 1 aromatic carbocycles. The number of hydrogen-bond donors (Lipinski definition) is 1. The largest absolute Gasteiger partial charge is 0.493 e. The molecule has 0 saturated carbocycles. The number of piperidine rings is 1. The van der Waals surface area contributed by atoms with Crippen LogP contribution in [0.2, 0.25) is 0 Å². The Labute approximate surface area is 145 Å². The van der Waals surface area contributed by atoms with Gasteiger partial charge in [0.05, 0.1) is 20.8 Å². The van der Waals surface area contributed by atoms with Crippen molar-refractivity contribution in [2.45, 2.75) is 51.6 Å². The maximum atomic E-state index is 12.5. The van der Waals surface area contributed by atoms with Gasteiger partial charge in [0.2, 0.25) is 0 Å². The van der Waals surface area contributed by atoms with Crippen LogP contribution in [0.15, 0.2) is 18.2 Å². The summed E-state index contributed by atoms with van der Waals surface area (Å²) < 4.78 is 10.6. The predicted molar refractivity (Wildman–Crippen MR) is 94.5 cm³/mol. The quantitative estimate of drug-likeness (QED) is 0.770. The van der Waals surface area contributed by atoms with E-state index in [-0.39, 0.29) is 5.91 Å². The molecule has 1 fully saturated rings. The zero-order valence-corrected chi connectivity index (χ0v) is 15.4. The smallest absolute Gasteiger partial charge is 0.278 e. The molecule has 1 aromatic rings. The van der Waals surface area contributed by atoms with E-state index in [1.54, 1.807) is 14.2 Å². The third-order valence-electron chi connectivity index (χ3n) is 4.89. The summed E-state index contributed by atoms with van der Waals surface area (Å²) in [6.45, 7) is 5.74. The van der Waals surface area contributed by atoms with Crippen molar-refractivity contribution in [3.8, 4) is 11.5 Å². The minimum Gasteiger partial charge on any atom is -0.493 e. The Morgan fingerprint density at radius 1 is 1.17 bits per heavy atom. The maximum absolute atomic E-state index is 12.5. The van der Waals surface area contributed by atoms with E-state index >= 15 is 0 Å². The fourth-order valence-electron chi connectivity index (χ4n) is 3.55. The fraction of sp³-hybridized carbons (Fsp3) is 0.632. The Bertz CT molecular complexity index is 537. The molecule has 5 heteroatoms. The average Bonchev–Trinajstić information content (AvgIpc) is 2.58. The molecule has 2 rings (SSSR count). The second-order valence-electron chi connectivity index (χ2n) is 6.65. The molecule has 5 nitrogen and oxygen atoms in total. The van der Waals surface area contributed by atoms with E-state index in [9.17, 15) is 4.79 Å². The summed E-state index contributed by atoms with van der Waals surface area (Å²) >= 11 is 0. The summed E-state index contributed by atoms with van der Waals surface area (Å²) in [6, 6.07) is 6.73. The van der Waals surface area contributed by atoms with Crippen molar-refractivity contribution in [3.05, 3.63) is 23.8 Å². The van der Waals surface area contributed by atoms with Crippen LogP contribution >= 0.6 is 0 Å². The number of benzene rings is 1. The van der Waals surface area contributed by atoms with Crippen molar-refractivity contribution in [2.75, 3.05) is 27.3 Å². The number of methoxy groups -OCH3 is 2. The molecule has 0 spiro atoms. The molecule has 1 aliphatic rings. The van der Waals surface area contributed by atoms with Gasteiger partial charge in [-0.25, -0.2) is 0 Å². The van der Waals surface area contributed by atoms with Gasteiger partial charge in [-0.3, -0.25) is 4.79 Å². The first-order valence-electron chi connectivity index (χ1n) is 8.90. The second kappa shape index (κ2) is 8.92. The number of ether oxygens (including phenoxy) is 2. The molecule has 24 heavy (non-hydrogen) atoms. The van der Waals surface area contributed by atoms with Crippen LogP contribution < -0.4 is 14.8 Å². The van der Waals surface area contributed by atoms with Gasteiger partial charge in [-0.1, -0.05) is 6.07 Å². The third kappa shape index (κ3) is 4.63. The highest BCUT2D eigenvalue weighted by molar-refractivity contribution is 5.77. The minimum atomic E-state index is 0.266. The van der Waals surface area contributed by atoms with Crippen LogP contribution in [0.5, 0.6) is 11.5 Å². The Hall–Kier alpha value is -1.75. The summed E-state index contributed by atoms with van der Waals surface area (Å²) in [5.41, 5.74) is 1.19. The lowest BCUT2D eigenvalue weighted by atomic mass is 9.97. The number of amides is 1. The molecule has 0 aromatic heterocycles. The van der Waals surface area contributed by atoms with E-state index in [1.165, 1.54) is 12.0 Å². The van der Waals surface area contributed by atoms with Crippen LogP contribution in [-0.4, -0.2) is 50.2 Å². The van der Waals surface area contributed by atoms with Crippen molar-refractivity contribution in [1.29, 1.82) is 0 Å². The fourth-order valence-corrected chi connectivity index (χ4v) is 3.55. The van der Waals surface area contributed by atoms with Gasteiger partial charge in [-0.15, -0.1) is 0 Å². The van der Waals surface area contributed by atoms with Gasteiger partial charge in [0.25, 0.3) is 5.91 Å². The molecule has 1 aliphatic heterocycles. The van der Waals surface area contributed by atoms with Crippen molar-refractivity contribution in [2.24, 2.45) is 0 Å². The Morgan fingerprint density at radius 3 is 2.46 bits per heavy atom. The van der Waals surface area contributed by atoms with Crippen molar-refractivity contribution in [3.63, 3.8) is 0 Å². The number of carbonyl (C=O) groups is 1. The molecule has 1 saturated heterocycles. The lowest BCUT2D eigenvalue weighted by Crippen LogP contribution is -2.87. The van der Waals surface area contributed by atoms with Gasteiger partial charge in [-0.2, -0.15) is 0 Å². The third-order valence-corrected chi connectivity index (χ3v) is 4.89. The summed E-state index contributed by atoms with van der Waals surface area (Å²) in [4.78, 5) is 14.6. The van der Waals surface area contributed by atoms with Crippen LogP contribution in [0.1, 0.15) is 38.7 Å². The summed E-state index contributed by atoms with van der Waals surface area (Å²) in [7, 11) is 3.28. The van der Waals surface area contributed by atoms with Crippen molar-refractivity contribution in [1.82, 2.24) is 4.90 Å². The molecule has 2 N–H and O–H groups in total.